The quantitative estimate of drug-likeness (QED) is 0.387. The van der Waals surface area contributed by atoms with Gasteiger partial charge in [-0.05, 0) is 0 Å². The van der Waals surface area contributed by atoms with E-state index in [1.165, 1.54) is 0 Å². The fourth-order valence-electron chi connectivity index (χ4n) is 0.275. The van der Waals surface area contributed by atoms with Gasteiger partial charge in [-0.2, -0.15) is 0 Å². The lowest BCUT2D eigenvalue weighted by molar-refractivity contribution is -0.144. The monoisotopic (exact) mass is 195 g/mol. The van der Waals surface area contributed by atoms with Gasteiger partial charge in [-0.15, -0.1) is 0 Å². The fraction of sp³-hybridized carbons (Fsp3) is 0.400. The van der Waals surface area contributed by atoms with Gasteiger partial charge in [-0.3, -0.25) is 9.59 Å². The third kappa shape index (κ3) is 17.8. The number of aliphatic carboxylic acids is 2. The summed E-state index contributed by atoms with van der Waals surface area (Å²) in [6, 6.07) is -1.29. The van der Waals surface area contributed by atoms with Crippen LogP contribution >= 0.6 is 0 Å². The van der Waals surface area contributed by atoms with Gasteiger partial charge in [0.1, 0.15) is 6.04 Å². The van der Waals surface area contributed by atoms with Gasteiger partial charge in [0.05, 0.1) is 6.42 Å². The first-order chi connectivity index (χ1) is 5.77. The molecule has 0 spiro atoms. The molecule has 0 bridgehead atoms. The molecule has 8 nitrogen and oxygen atoms in total. The molecule has 0 aromatic carbocycles. The highest BCUT2D eigenvalue weighted by atomic mass is 16.6. The Morgan fingerprint density at radius 3 is 1.46 bits per heavy atom. The van der Waals surface area contributed by atoms with E-state index in [1.807, 2.05) is 0 Å². The highest BCUT2D eigenvalue weighted by molar-refractivity contribution is 5.80. The van der Waals surface area contributed by atoms with Crippen molar-refractivity contribution >= 4 is 18.1 Å². The number of hydrogen-bond donors (Lipinski definition) is 5. The van der Waals surface area contributed by atoms with Crippen molar-refractivity contribution in [2.75, 3.05) is 0 Å². The smallest absolute Gasteiger partial charge is 0.481 e. The molecule has 0 aromatic heterocycles. The predicted octanol–water partition coefficient (Wildman–Crippen LogP) is -0.905. The summed E-state index contributed by atoms with van der Waals surface area (Å²) in [5, 5.41) is 30.0. The van der Waals surface area contributed by atoms with Gasteiger partial charge < -0.3 is 26.2 Å². The topological polar surface area (TPSA) is 158 Å². The van der Waals surface area contributed by atoms with Gasteiger partial charge in [-0.1, -0.05) is 0 Å². The maximum atomic E-state index is 9.85. The van der Waals surface area contributed by atoms with Crippen molar-refractivity contribution in [2.24, 2.45) is 5.73 Å². The number of hydrogen-bond acceptors (Lipinski definition) is 4. The zero-order chi connectivity index (χ0) is 11.0. The van der Waals surface area contributed by atoms with Crippen molar-refractivity contribution in [3.63, 3.8) is 0 Å². The van der Waals surface area contributed by atoms with E-state index in [0.29, 0.717) is 0 Å². The molecule has 0 amide bonds. The zero-order valence-corrected chi connectivity index (χ0v) is 6.38. The molecule has 8 heteroatoms. The molecule has 76 valence electrons. The third-order valence-electron chi connectivity index (χ3n) is 0.712. The van der Waals surface area contributed by atoms with Crippen molar-refractivity contribution in [3.05, 3.63) is 0 Å². The molecule has 13 heavy (non-hydrogen) atoms. The molecule has 0 saturated carbocycles. The minimum absolute atomic E-state index is 0.532. The lowest BCUT2D eigenvalue weighted by atomic mass is 10.2. The normalized spacial score (nSPS) is 10.5. The molecule has 1 atom stereocenters. The summed E-state index contributed by atoms with van der Waals surface area (Å²) in [4.78, 5) is 28.2. The number of carboxylic acids is 2. The van der Waals surface area contributed by atoms with E-state index in [0.717, 1.165) is 0 Å². The van der Waals surface area contributed by atoms with E-state index in [9.17, 15) is 9.59 Å². The van der Waals surface area contributed by atoms with Crippen LogP contribution in [0.1, 0.15) is 6.42 Å². The Kier molecular flexibility index (Phi) is 7.24. The molecular formula is C5H9NO7. The first-order valence-corrected chi connectivity index (χ1v) is 2.89. The van der Waals surface area contributed by atoms with E-state index in [-0.39, 0.29) is 0 Å². The summed E-state index contributed by atoms with van der Waals surface area (Å²) in [6.07, 6.45) is -2.37. The van der Waals surface area contributed by atoms with Gasteiger partial charge in [-0.25, -0.2) is 4.79 Å². The zero-order valence-electron chi connectivity index (χ0n) is 6.38. The van der Waals surface area contributed by atoms with Gasteiger partial charge in [0.15, 0.2) is 0 Å². The Hall–Kier alpha value is -1.83. The summed E-state index contributed by atoms with van der Waals surface area (Å²) in [5.74, 6) is -2.50. The molecule has 0 aliphatic carbocycles. The predicted molar refractivity (Wildman–Crippen MR) is 38.5 cm³/mol. The fourth-order valence-corrected chi connectivity index (χ4v) is 0.275. The Morgan fingerprint density at radius 2 is 1.38 bits per heavy atom. The maximum absolute atomic E-state index is 9.85. The van der Waals surface area contributed by atoms with E-state index in [1.54, 1.807) is 0 Å². The lowest BCUT2D eigenvalue weighted by Crippen LogP contribution is -2.32. The van der Waals surface area contributed by atoms with Crippen LogP contribution in [0.15, 0.2) is 0 Å². The summed E-state index contributed by atoms with van der Waals surface area (Å²) in [7, 11) is 0. The standard InChI is InChI=1S/C4H7NO4.CH2O3/c5-2(4(8)9)1-3(6)7;2-1(3)4/h2H,1,5H2,(H,6,7)(H,8,9);(H2,2,3,4)/t2-;/m0./s1. The highest BCUT2D eigenvalue weighted by Crippen LogP contribution is 1.86. The third-order valence-corrected chi connectivity index (χ3v) is 0.712. The van der Waals surface area contributed by atoms with Crippen molar-refractivity contribution in [2.45, 2.75) is 12.5 Å². The number of carbonyl (C=O) groups is 3. The first-order valence-electron chi connectivity index (χ1n) is 2.89. The van der Waals surface area contributed by atoms with Crippen LogP contribution in [0.25, 0.3) is 0 Å². The van der Waals surface area contributed by atoms with Crippen LogP contribution in [0.5, 0.6) is 0 Å². The second kappa shape index (κ2) is 6.85. The highest BCUT2D eigenvalue weighted by Gasteiger charge is 2.14. The molecule has 0 saturated heterocycles. The number of nitrogens with two attached hydrogens (primary N) is 1. The number of carboxylic acid groups (broad SMARTS) is 4. The van der Waals surface area contributed by atoms with Crippen molar-refractivity contribution < 1.29 is 34.8 Å². The maximum Gasteiger partial charge on any atom is 0.503 e. The molecule has 0 heterocycles. The van der Waals surface area contributed by atoms with Crippen LogP contribution in [0.4, 0.5) is 4.79 Å². The molecule has 6 N–H and O–H groups in total. The lowest BCUT2D eigenvalue weighted by Gasteiger charge is -1.99. The van der Waals surface area contributed by atoms with Gasteiger partial charge >= 0.3 is 18.1 Å². The van der Waals surface area contributed by atoms with Crippen LogP contribution in [0.3, 0.4) is 0 Å². The van der Waals surface area contributed by atoms with Crippen molar-refractivity contribution in [1.82, 2.24) is 0 Å². The molecule has 0 aliphatic heterocycles. The summed E-state index contributed by atoms with van der Waals surface area (Å²) in [6.45, 7) is 0. The molecular weight excluding hydrogens is 186 g/mol. The van der Waals surface area contributed by atoms with Crippen LogP contribution in [0, 0.1) is 0 Å². The van der Waals surface area contributed by atoms with E-state index in [2.05, 4.69) is 0 Å². The van der Waals surface area contributed by atoms with Crippen LogP contribution in [-0.4, -0.2) is 44.6 Å². The Balaban J connectivity index is 0. The largest absolute Gasteiger partial charge is 0.503 e. The van der Waals surface area contributed by atoms with Gasteiger partial charge in [0.2, 0.25) is 0 Å². The summed E-state index contributed by atoms with van der Waals surface area (Å²) < 4.78 is 0. The molecule has 0 unspecified atom stereocenters. The van der Waals surface area contributed by atoms with Crippen molar-refractivity contribution in [3.8, 4) is 0 Å². The van der Waals surface area contributed by atoms with E-state index >= 15 is 0 Å². The molecule has 0 rings (SSSR count). The van der Waals surface area contributed by atoms with Crippen LogP contribution < -0.4 is 5.73 Å². The Morgan fingerprint density at radius 1 is 1.08 bits per heavy atom. The minimum Gasteiger partial charge on any atom is -0.481 e. The average Bonchev–Trinajstić information content (AvgIpc) is 1.83. The SMILES string of the molecule is N[C@@H](CC(=O)O)C(=O)O.O=C(O)O. The summed E-state index contributed by atoms with van der Waals surface area (Å²) >= 11 is 0. The molecule has 0 aliphatic rings. The second-order valence-corrected chi connectivity index (χ2v) is 1.83. The van der Waals surface area contributed by atoms with E-state index in [4.69, 9.17) is 31.0 Å². The molecule has 0 radical (unpaired) electrons. The van der Waals surface area contributed by atoms with Crippen LogP contribution in [-0.2, 0) is 9.59 Å². The van der Waals surface area contributed by atoms with Crippen LogP contribution in [0.2, 0.25) is 0 Å². The number of rotatable bonds is 3. The first kappa shape index (κ1) is 13.7. The van der Waals surface area contributed by atoms with Gasteiger partial charge in [0, 0.05) is 0 Å². The molecule has 0 fully saturated rings. The minimum atomic E-state index is -1.83. The average molecular weight is 195 g/mol. The van der Waals surface area contributed by atoms with Gasteiger partial charge in [0.25, 0.3) is 0 Å². The molecule has 0 aromatic rings. The summed E-state index contributed by atoms with van der Waals surface area (Å²) in [5.41, 5.74) is 4.84. The second-order valence-electron chi connectivity index (χ2n) is 1.83. The van der Waals surface area contributed by atoms with Crippen molar-refractivity contribution in [1.29, 1.82) is 0 Å². The Labute approximate surface area is 72.2 Å². The Bertz CT molecular complexity index is 197. The van der Waals surface area contributed by atoms with E-state index < -0.39 is 30.6 Å².